The van der Waals surface area contributed by atoms with Crippen molar-refractivity contribution >= 4 is 28.8 Å². The molecule has 0 aliphatic rings. The highest BCUT2D eigenvalue weighted by atomic mass is 32.1. The molecule has 2 rings (SSSR count). The van der Waals surface area contributed by atoms with E-state index >= 15 is 0 Å². The number of carbonyl (C=O) groups excluding carboxylic acids is 1. The summed E-state index contributed by atoms with van der Waals surface area (Å²) in [7, 11) is 1.63. The quantitative estimate of drug-likeness (QED) is 0.802. The van der Waals surface area contributed by atoms with Gasteiger partial charge in [-0.2, -0.15) is 0 Å². The molecule has 7 heteroatoms. The summed E-state index contributed by atoms with van der Waals surface area (Å²) < 4.78 is 2.73. The molecule has 0 radical (unpaired) electrons. The molecule has 0 spiro atoms. The molecule has 1 aromatic carbocycles. The molecule has 1 amide bonds. The van der Waals surface area contributed by atoms with E-state index in [4.69, 9.17) is 18.0 Å². The van der Waals surface area contributed by atoms with Gasteiger partial charge in [0.2, 0.25) is 5.91 Å². The maximum atomic E-state index is 11.9. The minimum absolute atomic E-state index is 0.0447. The van der Waals surface area contributed by atoms with Crippen molar-refractivity contribution in [2.75, 3.05) is 5.32 Å². The molecular weight excluding hydrogens is 276 g/mol. The van der Waals surface area contributed by atoms with Crippen LogP contribution in [0, 0.1) is 0 Å². The molecule has 1 heterocycles. The van der Waals surface area contributed by atoms with Crippen molar-refractivity contribution in [1.82, 2.24) is 9.13 Å². The minimum Gasteiger partial charge on any atom is -0.389 e. The van der Waals surface area contributed by atoms with Crippen LogP contribution in [0.1, 0.15) is 5.56 Å². The molecule has 20 heavy (non-hydrogen) atoms. The van der Waals surface area contributed by atoms with Crippen LogP contribution in [-0.4, -0.2) is 20.0 Å². The number of aryl methyl sites for hydroxylation is 1. The van der Waals surface area contributed by atoms with Gasteiger partial charge in [0.1, 0.15) is 11.5 Å². The number of imidazole rings is 1. The van der Waals surface area contributed by atoms with Crippen LogP contribution in [-0.2, 0) is 18.4 Å². The maximum Gasteiger partial charge on any atom is 0.328 e. The second kappa shape index (κ2) is 5.70. The molecule has 0 bridgehead atoms. The Balaban J connectivity index is 2.08. The fourth-order valence-electron chi connectivity index (χ4n) is 1.74. The lowest BCUT2D eigenvalue weighted by atomic mass is 10.2. The molecule has 2 aromatic rings. The second-order valence-corrected chi connectivity index (χ2v) is 4.75. The third-order valence-electron chi connectivity index (χ3n) is 2.76. The summed E-state index contributed by atoms with van der Waals surface area (Å²) >= 11 is 4.88. The van der Waals surface area contributed by atoms with Crippen molar-refractivity contribution in [1.29, 1.82) is 0 Å². The van der Waals surface area contributed by atoms with Gasteiger partial charge in [-0.15, -0.1) is 0 Å². The normalized spacial score (nSPS) is 10.2. The molecule has 1 aromatic heterocycles. The van der Waals surface area contributed by atoms with Crippen LogP contribution < -0.4 is 16.7 Å². The number of amides is 1. The van der Waals surface area contributed by atoms with Gasteiger partial charge in [-0.05, 0) is 12.1 Å². The maximum absolute atomic E-state index is 11.9. The van der Waals surface area contributed by atoms with E-state index in [0.717, 1.165) is 0 Å². The van der Waals surface area contributed by atoms with E-state index < -0.39 is 0 Å². The van der Waals surface area contributed by atoms with Gasteiger partial charge in [-0.1, -0.05) is 24.4 Å². The Bertz CT molecular complexity index is 717. The molecule has 6 nitrogen and oxygen atoms in total. The SMILES string of the molecule is Cn1ccn(CC(=O)Nc2cccc(C(N)=S)c2)c1=O. The largest absolute Gasteiger partial charge is 0.389 e. The second-order valence-electron chi connectivity index (χ2n) is 4.31. The van der Waals surface area contributed by atoms with Crippen LogP contribution in [0.3, 0.4) is 0 Å². The lowest BCUT2D eigenvalue weighted by molar-refractivity contribution is -0.116. The fraction of sp³-hybridized carbons (Fsp3) is 0.154. The minimum atomic E-state index is -0.293. The van der Waals surface area contributed by atoms with E-state index in [1.165, 1.54) is 9.13 Å². The Labute approximate surface area is 120 Å². The van der Waals surface area contributed by atoms with Crippen LogP contribution in [0.15, 0.2) is 41.5 Å². The standard InChI is InChI=1S/C13H14N4O2S/c1-16-5-6-17(13(16)19)8-11(18)15-10-4-2-3-9(7-10)12(14)20/h2-7H,8H2,1H3,(H2,14,20)(H,15,18). The number of thiocarbonyl (C=S) groups is 1. The average molecular weight is 290 g/mol. The number of carbonyl (C=O) groups is 1. The Kier molecular flexibility index (Phi) is 3.99. The topological polar surface area (TPSA) is 82.1 Å². The van der Waals surface area contributed by atoms with E-state index in [0.29, 0.717) is 11.3 Å². The van der Waals surface area contributed by atoms with Crippen molar-refractivity contribution in [2.45, 2.75) is 6.54 Å². The summed E-state index contributed by atoms with van der Waals surface area (Å²) in [5.74, 6) is -0.293. The van der Waals surface area contributed by atoms with Gasteiger partial charge in [0.05, 0.1) is 0 Å². The van der Waals surface area contributed by atoms with E-state index in [2.05, 4.69) is 5.32 Å². The van der Waals surface area contributed by atoms with Crippen LogP contribution in [0.5, 0.6) is 0 Å². The van der Waals surface area contributed by atoms with Crippen molar-refractivity contribution in [3.8, 4) is 0 Å². The van der Waals surface area contributed by atoms with Crippen LogP contribution >= 0.6 is 12.2 Å². The Morgan fingerprint density at radius 2 is 2.15 bits per heavy atom. The first kappa shape index (κ1) is 14.0. The van der Waals surface area contributed by atoms with Crippen LogP contribution in [0.2, 0.25) is 0 Å². The molecule has 0 aliphatic carbocycles. The number of benzene rings is 1. The third-order valence-corrected chi connectivity index (χ3v) is 3.00. The lowest BCUT2D eigenvalue weighted by Crippen LogP contribution is -2.28. The molecule has 0 unspecified atom stereocenters. The lowest BCUT2D eigenvalue weighted by Gasteiger charge is -2.07. The molecule has 0 saturated heterocycles. The van der Waals surface area contributed by atoms with Gasteiger partial charge in [0, 0.05) is 30.7 Å². The third kappa shape index (κ3) is 3.12. The van der Waals surface area contributed by atoms with E-state index in [-0.39, 0.29) is 23.1 Å². The average Bonchev–Trinajstić information content (AvgIpc) is 2.71. The highest BCUT2D eigenvalue weighted by Gasteiger charge is 2.07. The zero-order valence-corrected chi connectivity index (χ0v) is 11.7. The van der Waals surface area contributed by atoms with E-state index in [1.54, 1.807) is 43.7 Å². The summed E-state index contributed by atoms with van der Waals surface area (Å²) in [6, 6.07) is 6.93. The molecule has 104 valence electrons. The summed E-state index contributed by atoms with van der Waals surface area (Å²) in [4.78, 5) is 23.8. The van der Waals surface area contributed by atoms with Gasteiger partial charge >= 0.3 is 5.69 Å². The fourth-order valence-corrected chi connectivity index (χ4v) is 1.86. The molecular formula is C13H14N4O2S. The molecule has 0 saturated carbocycles. The van der Waals surface area contributed by atoms with Crippen molar-refractivity contribution in [3.05, 3.63) is 52.7 Å². The predicted octanol–water partition coefficient (Wildman–Crippen LogP) is 0.460. The summed E-state index contributed by atoms with van der Waals surface area (Å²) in [6.07, 6.45) is 3.16. The number of hydrogen-bond donors (Lipinski definition) is 2. The number of nitrogens with two attached hydrogens (primary N) is 1. The highest BCUT2D eigenvalue weighted by molar-refractivity contribution is 7.80. The summed E-state index contributed by atoms with van der Waals surface area (Å²) in [5.41, 5.74) is 6.55. The van der Waals surface area contributed by atoms with Crippen LogP contribution in [0.25, 0.3) is 0 Å². The number of nitrogens with one attached hydrogen (secondary N) is 1. The first-order valence-electron chi connectivity index (χ1n) is 5.89. The van der Waals surface area contributed by atoms with Gasteiger partial charge in [-0.3, -0.25) is 9.36 Å². The Hall–Kier alpha value is -2.41. The zero-order valence-electron chi connectivity index (χ0n) is 10.9. The van der Waals surface area contributed by atoms with Gasteiger partial charge < -0.3 is 15.6 Å². The number of anilines is 1. The first-order valence-corrected chi connectivity index (χ1v) is 6.29. The van der Waals surface area contributed by atoms with E-state index in [1.807, 2.05) is 0 Å². The molecule has 0 atom stereocenters. The molecule has 0 fully saturated rings. The van der Waals surface area contributed by atoms with Gasteiger partial charge in [-0.25, -0.2) is 4.79 Å². The zero-order chi connectivity index (χ0) is 14.7. The number of rotatable bonds is 4. The number of nitrogens with zero attached hydrogens (tertiary/aromatic N) is 2. The Morgan fingerprint density at radius 1 is 1.40 bits per heavy atom. The van der Waals surface area contributed by atoms with Crippen molar-refractivity contribution in [2.24, 2.45) is 12.8 Å². The molecule has 3 N–H and O–H groups in total. The van der Waals surface area contributed by atoms with E-state index in [9.17, 15) is 9.59 Å². The van der Waals surface area contributed by atoms with Gasteiger partial charge in [0.15, 0.2) is 0 Å². The van der Waals surface area contributed by atoms with Crippen molar-refractivity contribution in [3.63, 3.8) is 0 Å². The monoisotopic (exact) mass is 290 g/mol. The van der Waals surface area contributed by atoms with Crippen molar-refractivity contribution < 1.29 is 4.79 Å². The highest BCUT2D eigenvalue weighted by Crippen LogP contribution is 2.10. The summed E-state index contributed by atoms with van der Waals surface area (Å²) in [6.45, 7) is -0.0447. The van der Waals surface area contributed by atoms with Crippen LogP contribution in [0.4, 0.5) is 5.69 Å². The summed E-state index contributed by atoms with van der Waals surface area (Å²) in [5, 5.41) is 2.70. The molecule has 0 aliphatic heterocycles. The number of aromatic nitrogens is 2. The first-order chi connectivity index (χ1) is 9.47. The smallest absolute Gasteiger partial charge is 0.328 e. The predicted molar refractivity (Wildman–Crippen MR) is 80.6 cm³/mol. The van der Waals surface area contributed by atoms with Gasteiger partial charge in [0.25, 0.3) is 0 Å². The Morgan fingerprint density at radius 3 is 2.75 bits per heavy atom. The number of hydrogen-bond acceptors (Lipinski definition) is 3.